The summed E-state index contributed by atoms with van der Waals surface area (Å²) in [6, 6.07) is 9.66. The predicted molar refractivity (Wildman–Crippen MR) is 80.7 cm³/mol. The third kappa shape index (κ3) is 3.19. The molecule has 0 aromatic heterocycles. The molecule has 2 unspecified atom stereocenters. The number of para-hydroxylation sites is 1. The van der Waals surface area contributed by atoms with Crippen LogP contribution in [0, 0.1) is 5.92 Å². The fraction of sp³-hybridized carbons (Fsp3) is 0.562. The molecule has 0 spiro atoms. The van der Waals surface area contributed by atoms with Gasteiger partial charge in [-0.1, -0.05) is 18.2 Å². The van der Waals surface area contributed by atoms with Crippen LogP contribution in [0.25, 0.3) is 0 Å². The number of aliphatic hydroxyl groups excluding tert-OH is 1. The van der Waals surface area contributed by atoms with Crippen molar-refractivity contribution >= 4 is 11.6 Å². The lowest BCUT2D eigenvalue weighted by Gasteiger charge is -2.29. The summed E-state index contributed by atoms with van der Waals surface area (Å²) in [4.78, 5) is 16.7. The Hall–Kier alpha value is -1.39. The highest BCUT2D eigenvalue weighted by molar-refractivity contribution is 5.96. The smallest absolute Gasteiger partial charge is 0.244 e. The molecule has 1 heterocycles. The maximum atomic E-state index is 12.7. The summed E-state index contributed by atoms with van der Waals surface area (Å²) in [7, 11) is 0. The number of rotatable bonds is 5. The lowest BCUT2D eigenvalue weighted by molar-refractivity contribution is -0.122. The Morgan fingerprint density at radius 1 is 1.45 bits per heavy atom. The third-order valence-electron chi connectivity index (χ3n) is 4.13. The number of amides is 1. The van der Waals surface area contributed by atoms with Crippen molar-refractivity contribution in [2.75, 3.05) is 31.1 Å². The van der Waals surface area contributed by atoms with Crippen molar-refractivity contribution in [1.82, 2.24) is 4.90 Å². The number of hydrogen-bond donors (Lipinski definition) is 1. The molecule has 20 heavy (non-hydrogen) atoms. The minimum absolute atomic E-state index is 0.133. The monoisotopic (exact) mass is 276 g/mol. The number of anilines is 1. The molecular formula is C16H24N2O2. The summed E-state index contributed by atoms with van der Waals surface area (Å²) < 4.78 is 0. The summed E-state index contributed by atoms with van der Waals surface area (Å²) in [5.41, 5.74) is 0.949. The second kappa shape index (κ2) is 6.86. The maximum Gasteiger partial charge on any atom is 0.244 e. The normalized spacial score (nSPS) is 20.9. The summed E-state index contributed by atoms with van der Waals surface area (Å²) in [6.07, 6.45) is 0.978. The van der Waals surface area contributed by atoms with Gasteiger partial charge in [0.2, 0.25) is 5.91 Å². The lowest BCUT2D eigenvalue weighted by Crippen LogP contribution is -2.46. The van der Waals surface area contributed by atoms with Gasteiger partial charge in [0.15, 0.2) is 0 Å². The molecule has 1 aromatic carbocycles. The van der Waals surface area contributed by atoms with Gasteiger partial charge in [-0.25, -0.2) is 0 Å². The van der Waals surface area contributed by atoms with Crippen molar-refractivity contribution in [2.45, 2.75) is 26.3 Å². The van der Waals surface area contributed by atoms with E-state index in [1.165, 1.54) is 0 Å². The molecule has 4 heteroatoms. The van der Waals surface area contributed by atoms with E-state index in [0.29, 0.717) is 12.5 Å². The third-order valence-corrected chi connectivity index (χ3v) is 4.13. The van der Waals surface area contributed by atoms with Crippen LogP contribution in [-0.2, 0) is 4.79 Å². The van der Waals surface area contributed by atoms with Gasteiger partial charge in [-0.05, 0) is 44.9 Å². The number of nitrogens with zero attached hydrogens (tertiary/aromatic N) is 2. The SMILES string of the molecule is CCN(C(=O)C(C)N1CCC(CO)C1)c1ccccc1. The minimum Gasteiger partial charge on any atom is -0.396 e. The van der Waals surface area contributed by atoms with Crippen LogP contribution in [-0.4, -0.2) is 48.2 Å². The van der Waals surface area contributed by atoms with Gasteiger partial charge < -0.3 is 10.0 Å². The first-order valence-electron chi connectivity index (χ1n) is 7.38. The molecule has 2 atom stereocenters. The zero-order valence-electron chi connectivity index (χ0n) is 12.3. The van der Waals surface area contributed by atoms with E-state index >= 15 is 0 Å². The number of carbonyl (C=O) groups is 1. The van der Waals surface area contributed by atoms with Crippen molar-refractivity contribution in [2.24, 2.45) is 5.92 Å². The summed E-state index contributed by atoms with van der Waals surface area (Å²) in [6.45, 7) is 6.56. The van der Waals surface area contributed by atoms with E-state index in [0.717, 1.165) is 25.2 Å². The number of aliphatic hydroxyl groups is 1. The van der Waals surface area contributed by atoms with E-state index in [-0.39, 0.29) is 18.6 Å². The second-order valence-corrected chi connectivity index (χ2v) is 5.43. The molecule has 1 N–H and O–H groups in total. The molecule has 110 valence electrons. The van der Waals surface area contributed by atoms with Crippen molar-refractivity contribution in [3.8, 4) is 0 Å². The Morgan fingerprint density at radius 2 is 2.15 bits per heavy atom. The van der Waals surface area contributed by atoms with E-state index in [9.17, 15) is 9.90 Å². The highest BCUT2D eigenvalue weighted by Gasteiger charge is 2.31. The van der Waals surface area contributed by atoms with E-state index < -0.39 is 0 Å². The fourth-order valence-electron chi connectivity index (χ4n) is 2.82. The quantitative estimate of drug-likeness (QED) is 0.891. The van der Waals surface area contributed by atoms with Gasteiger partial charge in [-0.3, -0.25) is 9.69 Å². The Labute approximate surface area is 121 Å². The largest absolute Gasteiger partial charge is 0.396 e. The van der Waals surface area contributed by atoms with Crippen LogP contribution in [0.5, 0.6) is 0 Å². The summed E-state index contributed by atoms with van der Waals surface area (Å²) >= 11 is 0. The van der Waals surface area contributed by atoms with Gasteiger partial charge in [0.1, 0.15) is 0 Å². The van der Waals surface area contributed by atoms with E-state index in [1.807, 2.05) is 49.1 Å². The molecule has 4 nitrogen and oxygen atoms in total. The molecule has 0 radical (unpaired) electrons. The molecule has 1 amide bonds. The molecule has 0 bridgehead atoms. The number of benzene rings is 1. The van der Waals surface area contributed by atoms with E-state index in [1.54, 1.807) is 0 Å². The molecule has 1 aromatic rings. The Morgan fingerprint density at radius 3 is 2.70 bits per heavy atom. The van der Waals surface area contributed by atoms with Crippen LogP contribution in [0.15, 0.2) is 30.3 Å². The van der Waals surface area contributed by atoms with E-state index in [2.05, 4.69) is 4.90 Å². The van der Waals surface area contributed by atoms with Gasteiger partial charge >= 0.3 is 0 Å². The van der Waals surface area contributed by atoms with Crippen molar-refractivity contribution in [1.29, 1.82) is 0 Å². The Balaban J connectivity index is 2.05. The van der Waals surface area contributed by atoms with Gasteiger partial charge in [-0.2, -0.15) is 0 Å². The first kappa shape index (κ1) is 15.0. The predicted octanol–water partition coefficient (Wildman–Crippen LogP) is 1.74. The molecule has 1 aliphatic rings. The topological polar surface area (TPSA) is 43.8 Å². The van der Waals surface area contributed by atoms with Crippen molar-refractivity contribution in [3.63, 3.8) is 0 Å². The molecule has 2 rings (SSSR count). The Bertz CT molecular complexity index is 435. The Kier molecular flexibility index (Phi) is 5.15. The molecule has 1 aliphatic heterocycles. The maximum absolute atomic E-state index is 12.7. The minimum atomic E-state index is -0.133. The molecule has 0 saturated carbocycles. The van der Waals surface area contributed by atoms with Gasteiger partial charge in [0.25, 0.3) is 0 Å². The standard InChI is InChI=1S/C16H24N2O2/c1-3-18(15-7-5-4-6-8-15)16(20)13(2)17-10-9-14(11-17)12-19/h4-8,13-14,19H,3,9-12H2,1-2H3. The van der Waals surface area contributed by atoms with E-state index in [4.69, 9.17) is 0 Å². The zero-order valence-corrected chi connectivity index (χ0v) is 12.3. The van der Waals surface area contributed by atoms with Crippen LogP contribution in [0.4, 0.5) is 5.69 Å². The van der Waals surface area contributed by atoms with Crippen LogP contribution >= 0.6 is 0 Å². The first-order chi connectivity index (χ1) is 9.67. The number of carbonyl (C=O) groups excluding carboxylic acids is 1. The highest BCUT2D eigenvalue weighted by atomic mass is 16.3. The van der Waals surface area contributed by atoms with Crippen LogP contribution in [0.1, 0.15) is 20.3 Å². The average molecular weight is 276 g/mol. The zero-order chi connectivity index (χ0) is 14.5. The molecule has 0 aliphatic carbocycles. The van der Waals surface area contributed by atoms with Crippen molar-refractivity contribution in [3.05, 3.63) is 30.3 Å². The van der Waals surface area contributed by atoms with Gasteiger partial charge in [0, 0.05) is 25.4 Å². The first-order valence-corrected chi connectivity index (χ1v) is 7.38. The van der Waals surface area contributed by atoms with Crippen LogP contribution in [0.3, 0.4) is 0 Å². The number of hydrogen-bond acceptors (Lipinski definition) is 3. The fourth-order valence-corrected chi connectivity index (χ4v) is 2.82. The average Bonchev–Trinajstić information content (AvgIpc) is 2.97. The van der Waals surface area contributed by atoms with Crippen LogP contribution < -0.4 is 4.90 Å². The van der Waals surface area contributed by atoms with Gasteiger partial charge in [0.05, 0.1) is 6.04 Å². The van der Waals surface area contributed by atoms with Gasteiger partial charge in [-0.15, -0.1) is 0 Å². The summed E-state index contributed by atoms with van der Waals surface area (Å²) in [5, 5.41) is 9.22. The number of likely N-dealkylation sites (tertiary alicyclic amines) is 1. The molecular weight excluding hydrogens is 252 g/mol. The molecule has 1 fully saturated rings. The second-order valence-electron chi connectivity index (χ2n) is 5.43. The summed E-state index contributed by atoms with van der Waals surface area (Å²) in [5.74, 6) is 0.453. The molecule has 1 saturated heterocycles. The van der Waals surface area contributed by atoms with Crippen molar-refractivity contribution < 1.29 is 9.90 Å². The lowest BCUT2D eigenvalue weighted by atomic mass is 10.1. The highest BCUT2D eigenvalue weighted by Crippen LogP contribution is 2.21. The van der Waals surface area contributed by atoms with Crippen LogP contribution in [0.2, 0.25) is 0 Å². The number of likely N-dealkylation sites (N-methyl/N-ethyl adjacent to an activating group) is 1.